The number of nitrogens with one attached hydrogen (secondary N) is 2. The average molecular weight is 489 g/mol. The molecule has 188 valence electrons. The number of methoxy groups -OCH3 is 1. The van der Waals surface area contributed by atoms with Crippen molar-refractivity contribution in [2.75, 3.05) is 26.7 Å². The lowest BCUT2D eigenvalue weighted by Crippen LogP contribution is -2.54. The normalized spacial score (nSPS) is 20.7. The van der Waals surface area contributed by atoms with Crippen molar-refractivity contribution in [1.82, 2.24) is 20.1 Å². The molecule has 2 saturated heterocycles. The first-order chi connectivity index (χ1) is 17.4. The molecule has 1 atom stereocenters. The first-order valence-corrected chi connectivity index (χ1v) is 12.5. The highest BCUT2D eigenvalue weighted by Crippen LogP contribution is 2.34. The third-order valence-corrected chi connectivity index (χ3v) is 7.77. The number of imide groups is 1. The van der Waals surface area contributed by atoms with Crippen molar-refractivity contribution in [3.8, 4) is 5.75 Å². The van der Waals surface area contributed by atoms with Crippen molar-refractivity contribution >= 4 is 28.7 Å². The second kappa shape index (κ2) is 9.68. The van der Waals surface area contributed by atoms with E-state index in [9.17, 15) is 14.4 Å². The molecule has 2 aromatic carbocycles. The van der Waals surface area contributed by atoms with Crippen molar-refractivity contribution in [3.63, 3.8) is 0 Å². The number of rotatable bonds is 7. The highest BCUT2D eigenvalue weighted by atomic mass is 16.5. The molecular formula is C28H32N4O4. The maximum atomic E-state index is 13.3. The number of hydrogen-bond donors (Lipinski definition) is 2. The van der Waals surface area contributed by atoms with E-state index in [0.717, 1.165) is 27.8 Å². The highest BCUT2D eigenvalue weighted by Gasteiger charge is 2.52. The Morgan fingerprint density at radius 3 is 2.53 bits per heavy atom. The van der Waals surface area contributed by atoms with E-state index >= 15 is 0 Å². The zero-order valence-corrected chi connectivity index (χ0v) is 20.8. The van der Waals surface area contributed by atoms with Gasteiger partial charge in [0.25, 0.3) is 5.91 Å². The van der Waals surface area contributed by atoms with Crippen molar-refractivity contribution in [1.29, 1.82) is 0 Å². The number of carbonyl (C=O) groups is 3. The molecule has 1 aromatic heterocycles. The van der Waals surface area contributed by atoms with Gasteiger partial charge in [-0.05, 0) is 61.4 Å². The number of aromatic amines is 1. The van der Waals surface area contributed by atoms with Crippen LogP contribution in [0.15, 0.2) is 54.7 Å². The molecule has 5 rings (SSSR count). The fraction of sp³-hybridized carbons (Fsp3) is 0.393. The topological polar surface area (TPSA) is 94.7 Å². The summed E-state index contributed by atoms with van der Waals surface area (Å²) in [7, 11) is 1.62. The van der Waals surface area contributed by atoms with E-state index in [1.807, 2.05) is 66.6 Å². The molecule has 3 aromatic rings. The van der Waals surface area contributed by atoms with Crippen LogP contribution >= 0.6 is 0 Å². The predicted octanol–water partition coefficient (Wildman–Crippen LogP) is 3.51. The van der Waals surface area contributed by atoms with Gasteiger partial charge in [0.05, 0.1) is 13.5 Å². The van der Waals surface area contributed by atoms with Gasteiger partial charge >= 0.3 is 6.03 Å². The molecule has 36 heavy (non-hydrogen) atoms. The molecule has 1 unspecified atom stereocenters. The number of hydrogen-bond acceptors (Lipinski definition) is 4. The minimum Gasteiger partial charge on any atom is -0.497 e. The van der Waals surface area contributed by atoms with Gasteiger partial charge in [-0.15, -0.1) is 0 Å². The summed E-state index contributed by atoms with van der Waals surface area (Å²) in [5, 5.41) is 4.04. The standard InChI is InChI=1S/C28H32N4O4/c1-28(26(34)32(27(35)30-28)16-11-19-7-9-22(36-2)10-8-19)21-12-14-31(15-13-21)25(33)17-20-18-29-24-6-4-3-5-23(20)24/h3-10,18,21,29H,11-17H2,1-2H3,(H,30,35). The number of urea groups is 1. The van der Waals surface area contributed by atoms with Crippen molar-refractivity contribution < 1.29 is 19.1 Å². The number of likely N-dealkylation sites (tertiary alicyclic amines) is 1. The molecular weight excluding hydrogens is 456 g/mol. The summed E-state index contributed by atoms with van der Waals surface area (Å²) in [6.07, 6.45) is 4.19. The van der Waals surface area contributed by atoms with E-state index in [1.165, 1.54) is 4.90 Å². The Labute approximate surface area is 210 Å². The number of H-pyrrole nitrogens is 1. The van der Waals surface area contributed by atoms with E-state index in [2.05, 4.69) is 10.3 Å². The maximum Gasteiger partial charge on any atom is 0.325 e. The third kappa shape index (κ3) is 4.43. The van der Waals surface area contributed by atoms with Gasteiger partial charge in [0.2, 0.25) is 5.91 Å². The van der Waals surface area contributed by atoms with Gasteiger partial charge in [-0.25, -0.2) is 4.79 Å². The Morgan fingerprint density at radius 2 is 1.81 bits per heavy atom. The average Bonchev–Trinajstić information content (AvgIpc) is 3.41. The molecule has 0 spiro atoms. The summed E-state index contributed by atoms with van der Waals surface area (Å²) in [5.41, 5.74) is 2.12. The second-order valence-corrected chi connectivity index (χ2v) is 9.88. The van der Waals surface area contributed by atoms with Crippen molar-refractivity contribution in [2.24, 2.45) is 5.92 Å². The minimum atomic E-state index is -0.941. The molecule has 2 aliphatic rings. The van der Waals surface area contributed by atoms with Crippen LogP contribution in [0, 0.1) is 5.92 Å². The fourth-order valence-electron chi connectivity index (χ4n) is 5.49. The maximum absolute atomic E-state index is 13.3. The lowest BCUT2D eigenvalue weighted by molar-refractivity contribution is -0.135. The number of carbonyl (C=O) groups excluding carboxylic acids is 3. The Bertz CT molecular complexity index is 1280. The number of nitrogens with zero attached hydrogens (tertiary/aromatic N) is 2. The molecule has 2 fully saturated rings. The first-order valence-electron chi connectivity index (χ1n) is 12.5. The van der Waals surface area contributed by atoms with Gasteiger partial charge in [0.1, 0.15) is 11.3 Å². The number of amides is 4. The van der Waals surface area contributed by atoms with E-state index in [1.54, 1.807) is 7.11 Å². The Kier molecular flexibility index (Phi) is 6.43. The smallest absolute Gasteiger partial charge is 0.325 e. The molecule has 4 amide bonds. The molecule has 8 nitrogen and oxygen atoms in total. The van der Waals surface area contributed by atoms with Crippen LogP contribution in [-0.4, -0.2) is 64.9 Å². The zero-order chi connectivity index (χ0) is 25.3. The molecule has 0 radical (unpaired) electrons. The summed E-state index contributed by atoms with van der Waals surface area (Å²) < 4.78 is 5.19. The van der Waals surface area contributed by atoms with E-state index in [-0.39, 0.29) is 23.8 Å². The van der Waals surface area contributed by atoms with E-state index in [0.29, 0.717) is 45.3 Å². The van der Waals surface area contributed by atoms with Crippen LogP contribution in [0.25, 0.3) is 10.9 Å². The summed E-state index contributed by atoms with van der Waals surface area (Å²) in [4.78, 5) is 45.5. The van der Waals surface area contributed by atoms with Crippen LogP contribution < -0.4 is 10.1 Å². The third-order valence-electron chi connectivity index (χ3n) is 7.77. The Morgan fingerprint density at radius 1 is 1.08 bits per heavy atom. The lowest BCUT2D eigenvalue weighted by Gasteiger charge is -2.39. The van der Waals surface area contributed by atoms with Gasteiger partial charge in [-0.1, -0.05) is 30.3 Å². The predicted molar refractivity (Wildman–Crippen MR) is 137 cm³/mol. The van der Waals surface area contributed by atoms with Crippen LogP contribution in [0.2, 0.25) is 0 Å². The summed E-state index contributed by atoms with van der Waals surface area (Å²) in [5.74, 6) is 0.667. The molecule has 2 aliphatic heterocycles. The quantitative estimate of drug-likeness (QED) is 0.498. The van der Waals surface area contributed by atoms with E-state index in [4.69, 9.17) is 4.74 Å². The summed E-state index contributed by atoms with van der Waals surface area (Å²) in [6, 6.07) is 15.3. The fourth-order valence-corrected chi connectivity index (χ4v) is 5.49. The number of piperidine rings is 1. The van der Waals surface area contributed by atoms with Gasteiger partial charge in [0.15, 0.2) is 0 Å². The van der Waals surface area contributed by atoms with Gasteiger partial charge < -0.3 is 19.9 Å². The first kappa shape index (κ1) is 23.9. The monoisotopic (exact) mass is 488 g/mol. The summed E-state index contributed by atoms with van der Waals surface area (Å²) in [6.45, 7) is 3.32. The molecule has 3 heterocycles. The van der Waals surface area contributed by atoms with Gasteiger partial charge in [0, 0.05) is 36.7 Å². The van der Waals surface area contributed by atoms with Crippen LogP contribution in [0.5, 0.6) is 5.75 Å². The lowest BCUT2D eigenvalue weighted by atomic mass is 9.78. The zero-order valence-electron chi connectivity index (χ0n) is 20.8. The molecule has 0 saturated carbocycles. The SMILES string of the molecule is COc1ccc(CCN2C(=O)NC(C)(C3CCN(C(=O)Cc4c[nH]c5ccccc45)CC3)C2=O)cc1. The molecule has 0 aliphatic carbocycles. The van der Waals surface area contributed by atoms with Crippen molar-refractivity contribution in [3.05, 3.63) is 65.9 Å². The molecule has 8 heteroatoms. The Balaban J connectivity index is 1.17. The Hall–Kier alpha value is -3.81. The number of para-hydroxylation sites is 1. The van der Waals surface area contributed by atoms with Crippen LogP contribution in [0.1, 0.15) is 30.9 Å². The minimum absolute atomic E-state index is 0.0166. The van der Waals surface area contributed by atoms with Gasteiger partial charge in [-0.2, -0.15) is 0 Å². The number of aromatic nitrogens is 1. The second-order valence-electron chi connectivity index (χ2n) is 9.88. The van der Waals surface area contributed by atoms with Crippen LogP contribution in [0.4, 0.5) is 4.79 Å². The number of benzene rings is 2. The molecule has 0 bridgehead atoms. The largest absolute Gasteiger partial charge is 0.497 e. The summed E-state index contributed by atoms with van der Waals surface area (Å²) >= 11 is 0. The number of fused-ring (bicyclic) bond motifs is 1. The number of ether oxygens (including phenoxy) is 1. The molecule has 2 N–H and O–H groups in total. The van der Waals surface area contributed by atoms with Crippen molar-refractivity contribution in [2.45, 2.75) is 38.1 Å². The van der Waals surface area contributed by atoms with E-state index < -0.39 is 5.54 Å². The van der Waals surface area contributed by atoms with Crippen LogP contribution in [-0.2, 0) is 22.4 Å². The van der Waals surface area contributed by atoms with Crippen LogP contribution in [0.3, 0.4) is 0 Å². The highest BCUT2D eigenvalue weighted by molar-refractivity contribution is 6.07. The van der Waals surface area contributed by atoms with Gasteiger partial charge in [-0.3, -0.25) is 14.5 Å².